The Morgan fingerprint density at radius 3 is 2.90 bits per heavy atom. The van der Waals surface area contributed by atoms with Crippen molar-refractivity contribution < 1.29 is 4.79 Å². The van der Waals surface area contributed by atoms with Gasteiger partial charge in [0.05, 0.1) is 34.2 Å². The minimum atomic E-state index is -0.0850. The van der Waals surface area contributed by atoms with Crippen LogP contribution in [0.1, 0.15) is 25.6 Å². The van der Waals surface area contributed by atoms with Crippen LogP contribution in [0.3, 0.4) is 0 Å². The van der Waals surface area contributed by atoms with E-state index in [4.69, 9.17) is 28.2 Å². The Morgan fingerprint density at radius 2 is 2.07 bits per heavy atom. The average molecular weight is 431 g/mol. The van der Waals surface area contributed by atoms with E-state index in [2.05, 4.69) is 27.8 Å². The number of benzene rings is 2. The summed E-state index contributed by atoms with van der Waals surface area (Å²) in [6, 6.07) is 13.3. The van der Waals surface area contributed by atoms with Crippen LogP contribution in [0.25, 0.3) is 11.0 Å². The van der Waals surface area contributed by atoms with Crippen molar-refractivity contribution in [1.29, 1.82) is 0 Å². The van der Waals surface area contributed by atoms with E-state index in [1.54, 1.807) is 18.2 Å². The fourth-order valence-electron chi connectivity index (χ4n) is 4.04. The van der Waals surface area contributed by atoms with Crippen LogP contribution < -0.4 is 5.32 Å². The molecule has 1 aliphatic rings. The number of aromatic nitrogens is 2. The summed E-state index contributed by atoms with van der Waals surface area (Å²) in [5.41, 5.74) is 2.74. The molecule has 0 radical (unpaired) electrons. The summed E-state index contributed by atoms with van der Waals surface area (Å²) in [4.78, 5) is 20.0. The lowest BCUT2D eigenvalue weighted by Gasteiger charge is -2.31. The van der Waals surface area contributed by atoms with Gasteiger partial charge in [-0.05, 0) is 56.6 Å². The number of imidazole rings is 1. The average Bonchev–Trinajstić information content (AvgIpc) is 3.07. The molecular formula is C22H24Cl2N4O. The Bertz CT molecular complexity index is 1030. The van der Waals surface area contributed by atoms with Gasteiger partial charge in [0.25, 0.3) is 0 Å². The number of likely N-dealkylation sites (tertiary alicyclic amines) is 1. The van der Waals surface area contributed by atoms with Crippen molar-refractivity contribution in [3.05, 3.63) is 58.3 Å². The summed E-state index contributed by atoms with van der Waals surface area (Å²) < 4.78 is 2.25. The van der Waals surface area contributed by atoms with Crippen molar-refractivity contribution in [1.82, 2.24) is 14.5 Å². The highest BCUT2D eigenvalue weighted by atomic mass is 35.5. The maximum atomic E-state index is 12.8. The van der Waals surface area contributed by atoms with Crippen LogP contribution in [-0.2, 0) is 17.9 Å². The molecule has 1 atom stereocenters. The Morgan fingerprint density at radius 1 is 1.24 bits per heavy atom. The Hall–Kier alpha value is -2.08. The van der Waals surface area contributed by atoms with Gasteiger partial charge >= 0.3 is 0 Å². The molecule has 1 aromatic heterocycles. The van der Waals surface area contributed by atoms with E-state index in [0.717, 1.165) is 49.3 Å². The highest BCUT2D eigenvalue weighted by Crippen LogP contribution is 2.27. The van der Waals surface area contributed by atoms with Crippen molar-refractivity contribution in [2.24, 2.45) is 5.92 Å². The highest BCUT2D eigenvalue weighted by molar-refractivity contribution is 6.35. The lowest BCUT2D eigenvalue weighted by molar-refractivity contribution is -0.121. The van der Waals surface area contributed by atoms with Gasteiger partial charge in [-0.15, -0.1) is 0 Å². The standard InChI is InChI=1S/C22H24Cl2N4O/c1-2-28-20-8-4-3-7-18(20)25-21(28)14-27-11-5-6-15(13-27)22(29)26-19-12-16(23)9-10-17(19)24/h3-4,7-10,12,15H,2,5-6,11,13-14H2,1H3,(H,26,29)/t15-/m0/s1. The SMILES string of the molecule is CCn1c(CN2CCC[C@H](C(=O)Nc3cc(Cl)ccc3Cl)C2)nc2ccccc21. The predicted molar refractivity (Wildman–Crippen MR) is 118 cm³/mol. The van der Waals surface area contributed by atoms with E-state index in [1.165, 1.54) is 0 Å². The van der Waals surface area contributed by atoms with Crippen molar-refractivity contribution >= 4 is 45.8 Å². The van der Waals surface area contributed by atoms with E-state index in [0.29, 0.717) is 22.3 Å². The minimum Gasteiger partial charge on any atom is -0.327 e. The zero-order chi connectivity index (χ0) is 20.4. The first-order chi connectivity index (χ1) is 14.0. The largest absolute Gasteiger partial charge is 0.327 e. The molecule has 5 nitrogen and oxygen atoms in total. The summed E-state index contributed by atoms with van der Waals surface area (Å²) >= 11 is 12.2. The Kier molecular flexibility index (Phi) is 6.09. The first-order valence-corrected chi connectivity index (χ1v) is 10.7. The fourth-order valence-corrected chi connectivity index (χ4v) is 4.38. The molecule has 0 aliphatic carbocycles. The van der Waals surface area contributed by atoms with E-state index in [9.17, 15) is 4.79 Å². The molecular weight excluding hydrogens is 407 g/mol. The van der Waals surface area contributed by atoms with Crippen LogP contribution in [0, 0.1) is 5.92 Å². The van der Waals surface area contributed by atoms with Crippen LogP contribution in [0.2, 0.25) is 10.0 Å². The third-order valence-electron chi connectivity index (χ3n) is 5.48. The van der Waals surface area contributed by atoms with Gasteiger partial charge in [0.15, 0.2) is 0 Å². The molecule has 1 fully saturated rings. The third kappa shape index (κ3) is 4.42. The molecule has 4 rings (SSSR count). The number of hydrogen-bond acceptors (Lipinski definition) is 3. The first kappa shape index (κ1) is 20.2. The van der Waals surface area contributed by atoms with Gasteiger partial charge in [0.2, 0.25) is 5.91 Å². The molecule has 1 N–H and O–H groups in total. The lowest BCUT2D eigenvalue weighted by Crippen LogP contribution is -2.40. The summed E-state index contributed by atoms with van der Waals surface area (Å²) in [7, 11) is 0. The summed E-state index contributed by atoms with van der Waals surface area (Å²) in [6.45, 7) is 5.43. The number of fused-ring (bicyclic) bond motifs is 1. The van der Waals surface area contributed by atoms with Crippen LogP contribution in [0.15, 0.2) is 42.5 Å². The maximum Gasteiger partial charge on any atom is 0.228 e. The molecule has 3 aromatic rings. The number of piperidine rings is 1. The Labute approximate surface area is 180 Å². The second-order valence-corrected chi connectivity index (χ2v) is 8.29. The molecule has 29 heavy (non-hydrogen) atoms. The number of rotatable bonds is 5. The number of halogens is 2. The van der Waals surface area contributed by atoms with Crippen molar-refractivity contribution in [3.63, 3.8) is 0 Å². The number of anilines is 1. The lowest BCUT2D eigenvalue weighted by atomic mass is 9.97. The van der Waals surface area contributed by atoms with E-state index in [-0.39, 0.29) is 11.8 Å². The van der Waals surface area contributed by atoms with E-state index >= 15 is 0 Å². The highest BCUT2D eigenvalue weighted by Gasteiger charge is 2.27. The molecule has 0 bridgehead atoms. The molecule has 2 heterocycles. The summed E-state index contributed by atoms with van der Waals surface area (Å²) in [5, 5.41) is 3.99. The van der Waals surface area contributed by atoms with Crippen LogP contribution in [-0.4, -0.2) is 33.4 Å². The number of carbonyl (C=O) groups excluding carboxylic acids is 1. The number of aryl methyl sites for hydroxylation is 1. The quantitative estimate of drug-likeness (QED) is 0.603. The topological polar surface area (TPSA) is 50.2 Å². The molecule has 2 aromatic carbocycles. The number of nitrogens with one attached hydrogen (secondary N) is 1. The van der Waals surface area contributed by atoms with Gasteiger partial charge in [0.1, 0.15) is 5.82 Å². The zero-order valence-electron chi connectivity index (χ0n) is 16.4. The summed E-state index contributed by atoms with van der Waals surface area (Å²) in [5.74, 6) is 0.953. The van der Waals surface area contributed by atoms with Gasteiger partial charge in [0, 0.05) is 18.1 Å². The monoisotopic (exact) mass is 430 g/mol. The molecule has 0 spiro atoms. The van der Waals surface area contributed by atoms with Gasteiger partial charge in [-0.2, -0.15) is 0 Å². The number of nitrogens with zero attached hydrogens (tertiary/aromatic N) is 3. The number of hydrogen-bond donors (Lipinski definition) is 1. The van der Waals surface area contributed by atoms with Crippen LogP contribution >= 0.6 is 23.2 Å². The van der Waals surface area contributed by atoms with E-state index in [1.807, 2.05) is 18.2 Å². The molecule has 152 valence electrons. The molecule has 1 aliphatic heterocycles. The van der Waals surface area contributed by atoms with Gasteiger partial charge in [-0.25, -0.2) is 4.98 Å². The molecule has 1 amide bonds. The van der Waals surface area contributed by atoms with Crippen LogP contribution in [0.4, 0.5) is 5.69 Å². The van der Waals surface area contributed by atoms with Crippen molar-refractivity contribution in [2.45, 2.75) is 32.9 Å². The number of amides is 1. The minimum absolute atomic E-state index is 0.0112. The van der Waals surface area contributed by atoms with Gasteiger partial charge in [-0.3, -0.25) is 9.69 Å². The second kappa shape index (κ2) is 8.74. The first-order valence-electron chi connectivity index (χ1n) is 9.97. The van der Waals surface area contributed by atoms with Gasteiger partial charge in [-0.1, -0.05) is 35.3 Å². The number of carbonyl (C=O) groups is 1. The zero-order valence-corrected chi connectivity index (χ0v) is 17.9. The van der Waals surface area contributed by atoms with Crippen molar-refractivity contribution in [2.75, 3.05) is 18.4 Å². The smallest absolute Gasteiger partial charge is 0.228 e. The molecule has 0 saturated carbocycles. The Balaban J connectivity index is 1.46. The molecule has 1 saturated heterocycles. The van der Waals surface area contributed by atoms with E-state index < -0.39 is 0 Å². The van der Waals surface area contributed by atoms with Crippen LogP contribution in [0.5, 0.6) is 0 Å². The summed E-state index contributed by atoms with van der Waals surface area (Å²) in [6.07, 6.45) is 1.85. The third-order valence-corrected chi connectivity index (χ3v) is 6.04. The normalized spacial score (nSPS) is 17.6. The fraction of sp³-hybridized carbons (Fsp3) is 0.364. The number of para-hydroxylation sites is 2. The van der Waals surface area contributed by atoms with Gasteiger partial charge < -0.3 is 9.88 Å². The molecule has 0 unspecified atom stereocenters. The molecule has 7 heteroatoms. The maximum absolute atomic E-state index is 12.8. The van der Waals surface area contributed by atoms with Crippen molar-refractivity contribution in [3.8, 4) is 0 Å². The second-order valence-electron chi connectivity index (χ2n) is 7.45. The predicted octanol–water partition coefficient (Wildman–Crippen LogP) is 5.21.